The summed E-state index contributed by atoms with van der Waals surface area (Å²) in [6, 6.07) is -1.15. The molecule has 3 N–H and O–H groups in total. The molecule has 0 aromatic rings. The normalized spacial score (nSPS) is 13.9. The van der Waals surface area contributed by atoms with E-state index < -0.39 is 24.1 Å². The van der Waals surface area contributed by atoms with Crippen molar-refractivity contribution in [2.75, 3.05) is 0 Å². The third-order valence-corrected chi connectivity index (χ3v) is 1.14. The first-order chi connectivity index (χ1) is 4.95. The minimum atomic E-state index is -1.18. The number of hydrogen-bond donors (Lipinski definition) is 2. The zero-order valence-electron chi connectivity index (χ0n) is 6.81. The van der Waals surface area contributed by atoms with Gasteiger partial charge in [0, 0.05) is 6.92 Å². The van der Waals surface area contributed by atoms with E-state index in [9.17, 15) is 9.59 Å². The van der Waals surface area contributed by atoms with Gasteiger partial charge in [-0.3, -0.25) is 9.59 Å². The molecule has 0 radical (unpaired) electrons. The lowest BCUT2D eigenvalue weighted by Gasteiger charge is -2.14. The highest BCUT2D eigenvalue weighted by atomic mass is 35.5. The van der Waals surface area contributed by atoms with Gasteiger partial charge in [0.05, 0.1) is 0 Å². The summed E-state index contributed by atoms with van der Waals surface area (Å²) in [4.78, 5) is 20.5. The topological polar surface area (TPSA) is 89.6 Å². The SMILES string of the molecule is CC(=O)OC(C)C(N)C(=O)O.Cl. The smallest absolute Gasteiger partial charge is 0.324 e. The Morgan fingerprint density at radius 1 is 1.50 bits per heavy atom. The lowest BCUT2D eigenvalue weighted by molar-refractivity contribution is -0.151. The number of hydrogen-bond acceptors (Lipinski definition) is 4. The van der Waals surface area contributed by atoms with Gasteiger partial charge in [0.1, 0.15) is 12.1 Å². The first-order valence-electron chi connectivity index (χ1n) is 3.10. The number of halogens is 1. The summed E-state index contributed by atoms with van der Waals surface area (Å²) >= 11 is 0. The molecule has 12 heavy (non-hydrogen) atoms. The molecule has 0 rings (SSSR count). The van der Waals surface area contributed by atoms with Gasteiger partial charge in [0.25, 0.3) is 0 Å². The second kappa shape index (κ2) is 5.79. The van der Waals surface area contributed by atoms with Gasteiger partial charge in [0.2, 0.25) is 0 Å². The van der Waals surface area contributed by atoms with Crippen molar-refractivity contribution >= 4 is 24.3 Å². The van der Waals surface area contributed by atoms with Gasteiger partial charge in [-0.2, -0.15) is 0 Å². The van der Waals surface area contributed by atoms with Crippen LogP contribution in [0.1, 0.15) is 13.8 Å². The lowest BCUT2D eigenvalue weighted by atomic mass is 10.2. The number of ether oxygens (including phenoxy) is 1. The molecule has 0 aliphatic carbocycles. The third kappa shape index (κ3) is 4.92. The number of aliphatic carboxylic acids is 1. The van der Waals surface area contributed by atoms with E-state index in [0.29, 0.717) is 0 Å². The van der Waals surface area contributed by atoms with Gasteiger partial charge in [0.15, 0.2) is 0 Å². The maximum Gasteiger partial charge on any atom is 0.324 e. The van der Waals surface area contributed by atoms with Crippen LogP contribution < -0.4 is 5.73 Å². The van der Waals surface area contributed by atoms with Crippen molar-refractivity contribution in [3.63, 3.8) is 0 Å². The van der Waals surface area contributed by atoms with E-state index in [2.05, 4.69) is 4.74 Å². The van der Waals surface area contributed by atoms with Crippen molar-refractivity contribution in [2.24, 2.45) is 5.73 Å². The highest BCUT2D eigenvalue weighted by Gasteiger charge is 2.21. The molecule has 6 heteroatoms. The number of carboxylic acid groups (broad SMARTS) is 1. The maximum atomic E-state index is 10.3. The van der Waals surface area contributed by atoms with Crippen molar-refractivity contribution < 1.29 is 19.4 Å². The molecule has 0 spiro atoms. The van der Waals surface area contributed by atoms with Crippen LogP contribution in [0.3, 0.4) is 0 Å². The Morgan fingerprint density at radius 2 is 1.92 bits per heavy atom. The zero-order valence-corrected chi connectivity index (χ0v) is 7.63. The summed E-state index contributed by atoms with van der Waals surface area (Å²) in [5.74, 6) is -1.71. The molecule has 5 nitrogen and oxygen atoms in total. The number of carboxylic acids is 1. The first-order valence-corrected chi connectivity index (χ1v) is 3.10. The monoisotopic (exact) mass is 197 g/mol. The Bertz CT molecular complexity index is 173. The molecule has 72 valence electrons. The van der Waals surface area contributed by atoms with E-state index in [1.54, 1.807) is 0 Å². The van der Waals surface area contributed by atoms with Gasteiger partial charge in [-0.25, -0.2) is 0 Å². The number of carbonyl (C=O) groups excluding carboxylic acids is 1. The van der Waals surface area contributed by atoms with E-state index in [-0.39, 0.29) is 12.4 Å². The van der Waals surface area contributed by atoms with Crippen molar-refractivity contribution in [1.82, 2.24) is 0 Å². The highest BCUT2D eigenvalue weighted by molar-refractivity contribution is 5.85. The van der Waals surface area contributed by atoms with Gasteiger partial charge >= 0.3 is 11.9 Å². The Kier molecular flexibility index (Phi) is 6.64. The van der Waals surface area contributed by atoms with Crippen LogP contribution in [0.5, 0.6) is 0 Å². The summed E-state index contributed by atoms with van der Waals surface area (Å²) in [5, 5.41) is 8.35. The molecule has 2 atom stereocenters. The average molecular weight is 198 g/mol. The second-order valence-corrected chi connectivity index (χ2v) is 2.18. The third-order valence-electron chi connectivity index (χ3n) is 1.14. The van der Waals surface area contributed by atoms with Crippen LogP contribution in [-0.4, -0.2) is 29.2 Å². The maximum absolute atomic E-state index is 10.3. The van der Waals surface area contributed by atoms with E-state index in [4.69, 9.17) is 10.8 Å². The van der Waals surface area contributed by atoms with E-state index in [0.717, 1.165) is 0 Å². The van der Waals surface area contributed by atoms with Gasteiger partial charge in [-0.1, -0.05) is 0 Å². The van der Waals surface area contributed by atoms with Crippen molar-refractivity contribution in [3.8, 4) is 0 Å². The van der Waals surface area contributed by atoms with Crippen LogP contribution in [-0.2, 0) is 14.3 Å². The molecule has 2 unspecified atom stereocenters. The molecule has 0 fully saturated rings. The van der Waals surface area contributed by atoms with Gasteiger partial charge < -0.3 is 15.6 Å². The number of esters is 1. The minimum Gasteiger partial charge on any atom is -0.480 e. The van der Waals surface area contributed by atoms with E-state index in [1.165, 1.54) is 13.8 Å². The van der Waals surface area contributed by atoms with Crippen molar-refractivity contribution in [2.45, 2.75) is 26.0 Å². The number of nitrogens with two attached hydrogens (primary N) is 1. The Labute approximate surface area is 76.3 Å². The van der Waals surface area contributed by atoms with Crippen LogP contribution in [0, 0.1) is 0 Å². The quantitative estimate of drug-likeness (QED) is 0.610. The molecule has 0 heterocycles. The highest BCUT2D eigenvalue weighted by Crippen LogP contribution is 1.96. The fraction of sp³-hybridized carbons (Fsp3) is 0.667. The summed E-state index contributed by atoms with van der Waals surface area (Å²) < 4.78 is 4.53. The largest absolute Gasteiger partial charge is 0.480 e. The molecule has 0 bridgehead atoms. The molecular weight excluding hydrogens is 186 g/mol. The fourth-order valence-electron chi connectivity index (χ4n) is 0.536. The summed E-state index contributed by atoms with van der Waals surface area (Å²) in [5.41, 5.74) is 5.13. The van der Waals surface area contributed by atoms with Crippen LogP contribution in [0.15, 0.2) is 0 Å². The van der Waals surface area contributed by atoms with E-state index >= 15 is 0 Å². The molecular formula is C6H12ClNO4. The second-order valence-electron chi connectivity index (χ2n) is 2.18. The van der Waals surface area contributed by atoms with Crippen LogP contribution in [0.25, 0.3) is 0 Å². The van der Waals surface area contributed by atoms with Crippen LogP contribution in [0.2, 0.25) is 0 Å². The lowest BCUT2D eigenvalue weighted by Crippen LogP contribution is -2.42. The summed E-state index contributed by atoms with van der Waals surface area (Å²) in [6.45, 7) is 2.63. The molecule has 0 saturated heterocycles. The standard InChI is InChI=1S/C6H11NO4.ClH/c1-3(11-4(2)8)5(7)6(9)10;/h3,5H,7H2,1-2H3,(H,9,10);1H. The molecule has 0 amide bonds. The predicted molar refractivity (Wildman–Crippen MR) is 44.1 cm³/mol. The Hall–Kier alpha value is -0.810. The number of rotatable bonds is 3. The number of carbonyl (C=O) groups is 2. The fourth-order valence-corrected chi connectivity index (χ4v) is 0.536. The predicted octanol–water partition coefficient (Wildman–Crippen LogP) is -0.228. The van der Waals surface area contributed by atoms with Crippen molar-refractivity contribution in [3.05, 3.63) is 0 Å². The average Bonchev–Trinajstić information content (AvgIpc) is 1.84. The summed E-state index contributed by atoms with van der Waals surface area (Å²) in [6.07, 6.45) is -0.787. The molecule has 0 aromatic carbocycles. The Balaban J connectivity index is 0. The van der Waals surface area contributed by atoms with Crippen molar-refractivity contribution in [1.29, 1.82) is 0 Å². The first kappa shape index (κ1) is 13.8. The molecule has 0 aliphatic rings. The van der Waals surface area contributed by atoms with Crippen LogP contribution in [0.4, 0.5) is 0 Å². The van der Waals surface area contributed by atoms with E-state index in [1.807, 2.05) is 0 Å². The van der Waals surface area contributed by atoms with Gasteiger partial charge in [-0.15, -0.1) is 12.4 Å². The minimum absolute atomic E-state index is 0. The zero-order chi connectivity index (χ0) is 9.02. The molecule has 0 saturated carbocycles. The molecule has 0 aromatic heterocycles. The van der Waals surface area contributed by atoms with Crippen LogP contribution >= 0.6 is 12.4 Å². The van der Waals surface area contributed by atoms with Gasteiger partial charge in [-0.05, 0) is 6.92 Å². The molecule has 0 aliphatic heterocycles. The Morgan fingerprint density at radius 3 is 2.17 bits per heavy atom. The summed E-state index contributed by atoms with van der Waals surface area (Å²) in [7, 11) is 0.